The number of rotatable bonds is 8. The van der Waals surface area contributed by atoms with Crippen molar-refractivity contribution in [3.05, 3.63) is 78.8 Å². The number of hydrogen-bond donors (Lipinski definition) is 2. The number of anilines is 2. The topological polar surface area (TPSA) is 58.0 Å². The van der Waals surface area contributed by atoms with Crippen molar-refractivity contribution in [1.29, 1.82) is 0 Å². The third-order valence-corrected chi connectivity index (χ3v) is 6.54. The molecule has 3 aromatic rings. The number of aryl methyl sites for hydroxylation is 1. The van der Waals surface area contributed by atoms with Crippen LogP contribution in [0.4, 0.5) is 15.8 Å². The molecule has 0 bridgehead atoms. The van der Waals surface area contributed by atoms with Crippen LogP contribution in [0.1, 0.15) is 24.1 Å². The van der Waals surface area contributed by atoms with E-state index < -0.39 is 0 Å². The van der Waals surface area contributed by atoms with E-state index in [1.165, 1.54) is 18.9 Å². The van der Waals surface area contributed by atoms with Gasteiger partial charge in [-0.15, -0.1) is 0 Å². The van der Waals surface area contributed by atoms with Gasteiger partial charge in [-0.2, -0.15) is 5.10 Å². The summed E-state index contributed by atoms with van der Waals surface area (Å²) < 4.78 is 16.4. The first kappa shape index (κ1) is 23.7. The van der Waals surface area contributed by atoms with E-state index in [1.54, 1.807) is 30.2 Å². The lowest BCUT2D eigenvalue weighted by Crippen LogP contribution is -2.31. The van der Waals surface area contributed by atoms with E-state index in [2.05, 4.69) is 51.9 Å². The first-order valence-electron chi connectivity index (χ1n) is 11.6. The monoisotopic (exact) mass is 460 g/mol. The van der Waals surface area contributed by atoms with Gasteiger partial charge < -0.3 is 15.5 Å². The first-order valence-corrected chi connectivity index (χ1v) is 11.6. The summed E-state index contributed by atoms with van der Waals surface area (Å²) in [5.41, 5.74) is 5.85. The summed E-state index contributed by atoms with van der Waals surface area (Å²) in [6.45, 7) is 10.7. The predicted octanol–water partition coefficient (Wildman–Crippen LogP) is 5.19. The van der Waals surface area contributed by atoms with Crippen LogP contribution in [-0.2, 0) is 13.5 Å². The van der Waals surface area contributed by atoms with Crippen molar-refractivity contribution in [3.63, 3.8) is 0 Å². The van der Waals surface area contributed by atoms with Gasteiger partial charge in [0, 0.05) is 54.1 Å². The second-order valence-electron chi connectivity index (χ2n) is 9.10. The average Bonchev–Trinajstić information content (AvgIpc) is 3.27. The zero-order valence-electron chi connectivity index (χ0n) is 20.2. The molecule has 4 rings (SSSR count). The molecule has 2 N–H and O–H groups in total. The van der Waals surface area contributed by atoms with Crippen LogP contribution < -0.4 is 10.6 Å². The fourth-order valence-corrected chi connectivity index (χ4v) is 4.40. The summed E-state index contributed by atoms with van der Waals surface area (Å²) in [7, 11) is 5.75. The third-order valence-electron chi connectivity index (χ3n) is 6.54. The number of halogens is 1. The van der Waals surface area contributed by atoms with E-state index in [0.717, 1.165) is 36.5 Å². The number of allylic oxidation sites excluding steroid dienone is 1. The van der Waals surface area contributed by atoms with Crippen LogP contribution in [0.25, 0.3) is 16.7 Å². The molecule has 0 radical (unpaired) electrons. The van der Waals surface area contributed by atoms with Crippen LogP contribution in [0, 0.1) is 11.7 Å². The number of piperidine rings is 1. The molecule has 0 atom stereocenters. The number of nitrogens with one attached hydrogen (secondary N) is 2. The zero-order valence-corrected chi connectivity index (χ0v) is 20.2. The normalized spacial score (nSPS) is 14.7. The maximum Gasteiger partial charge on any atom is 0.133 e. The zero-order chi connectivity index (χ0) is 24.2. The Balaban J connectivity index is 1.46. The molecule has 7 heteroatoms. The number of hydrogen-bond acceptors (Lipinski definition) is 5. The number of benzene rings is 1. The second-order valence-corrected chi connectivity index (χ2v) is 9.10. The summed E-state index contributed by atoms with van der Waals surface area (Å²) >= 11 is 0. The van der Waals surface area contributed by atoms with Crippen molar-refractivity contribution in [2.24, 2.45) is 13.0 Å². The van der Waals surface area contributed by atoms with Gasteiger partial charge in [-0.25, -0.2) is 4.39 Å². The van der Waals surface area contributed by atoms with E-state index in [9.17, 15) is 4.39 Å². The SMILES string of the molecule is C=C(Nc1ccc(CC2CCN(C)CC2)nc1)C(=C)c1cc(-c2cnn(C)c2)c(F)cc1NC. The average molecular weight is 461 g/mol. The number of nitrogens with zero attached hydrogens (tertiary/aromatic N) is 4. The molecular weight excluding hydrogens is 427 g/mol. The molecule has 0 spiro atoms. The molecule has 1 fully saturated rings. The van der Waals surface area contributed by atoms with E-state index >= 15 is 0 Å². The summed E-state index contributed by atoms with van der Waals surface area (Å²) in [4.78, 5) is 7.04. The molecule has 0 aliphatic carbocycles. The Hall–Kier alpha value is -3.45. The Morgan fingerprint density at radius 3 is 2.53 bits per heavy atom. The Bertz CT molecular complexity index is 1170. The fourth-order valence-electron chi connectivity index (χ4n) is 4.40. The lowest BCUT2D eigenvalue weighted by molar-refractivity contribution is 0.218. The molecule has 1 saturated heterocycles. The van der Waals surface area contributed by atoms with Gasteiger partial charge in [-0.3, -0.25) is 9.67 Å². The van der Waals surface area contributed by atoms with Crippen LogP contribution in [0.15, 0.2) is 61.7 Å². The van der Waals surface area contributed by atoms with Gasteiger partial charge in [-0.1, -0.05) is 13.2 Å². The summed E-state index contributed by atoms with van der Waals surface area (Å²) in [5, 5.41) is 10.5. The van der Waals surface area contributed by atoms with Gasteiger partial charge in [0.05, 0.1) is 18.1 Å². The van der Waals surface area contributed by atoms with Crippen molar-refractivity contribution in [2.75, 3.05) is 37.8 Å². The largest absolute Gasteiger partial charge is 0.388 e. The molecule has 0 saturated carbocycles. The minimum Gasteiger partial charge on any atom is -0.388 e. The van der Waals surface area contributed by atoms with E-state index in [-0.39, 0.29) is 5.82 Å². The first-order chi connectivity index (χ1) is 16.3. The molecule has 3 heterocycles. The van der Waals surface area contributed by atoms with Crippen molar-refractivity contribution in [3.8, 4) is 11.1 Å². The highest BCUT2D eigenvalue weighted by Gasteiger charge is 2.18. The molecule has 178 valence electrons. The summed E-state index contributed by atoms with van der Waals surface area (Å²) in [6, 6.07) is 7.38. The molecular formula is C27H33FN6. The Morgan fingerprint density at radius 2 is 1.91 bits per heavy atom. The highest BCUT2D eigenvalue weighted by molar-refractivity contribution is 5.88. The minimum absolute atomic E-state index is 0.322. The van der Waals surface area contributed by atoms with Gasteiger partial charge >= 0.3 is 0 Å². The van der Waals surface area contributed by atoms with Crippen LogP contribution in [0.5, 0.6) is 0 Å². The smallest absolute Gasteiger partial charge is 0.133 e. The lowest BCUT2D eigenvalue weighted by atomic mass is 9.92. The van der Waals surface area contributed by atoms with Gasteiger partial charge in [0.2, 0.25) is 0 Å². The fraction of sp³-hybridized carbons (Fsp3) is 0.333. The van der Waals surface area contributed by atoms with Crippen LogP contribution in [0.3, 0.4) is 0 Å². The molecule has 6 nitrogen and oxygen atoms in total. The van der Waals surface area contributed by atoms with E-state index in [0.29, 0.717) is 34.0 Å². The predicted molar refractivity (Wildman–Crippen MR) is 138 cm³/mol. The summed E-state index contributed by atoms with van der Waals surface area (Å²) in [5.74, 6) is 0.376. The quantitative estimate of drug-likeness (QED) is 0.453. The molecule has 0 amide bonds. The molecule has 34 heavy (non-hydrogen) atoms. The number of pyridine rings is 1. The van der Waals surface area contributed by atoms with Gasteiger partial charge in [0.15, 0.2) is 0 Å². The molecule has 2 aromatic heterocycles. The highest BCUT2D eigenvalue weighted by atomic mass is 19.1. The van der Waals surface area contributed by atoms with Crippen molar-refractivity contribution < 1.29 is 4.39 Å². The summed E-state index contributed by atoms with van der Waals surface area (Å²) in [6.07, 6.45) is 8.74. The number of aromatic nitrogens is 3. The Morgan fingerprint density at radius 1 is 1.15 bits per heavy atom. The molecule has 1 aliphatic rings. The van der Waals surface area contributed by atoms with E-state index in [4.69, 9.17) is 0 Å². The third kappa shape index (κ3) is 5.37. The van der Waals surface area contributed by atoms with Crippen molar-refractivity contribution >= 4 is 16.9 Å². The molecule has 0 unspecified atom stereocenters. The maximum absolute atomic E-state index is 14.8. The second kappa shape index (κ2) is 10.2. The van der Waals surface area contributed by atoms with Gasteiger partial charge in [-0.05, 0) is 75.2 Å². The van der Waals surface area contributed by atoms with Crippen LogP contribution in [-0.4, -0.2) is 46.8 Å². The lowest BCUT2D eigenvalue weighted by Gasteiger charge is -2.28. The van der Waals surface area contributed by atoms with Crippen LogP contribution >= 0.6 is 0 Å². The van der Waals surface area contributed by atoms with Gasteiger partial charge in [0.25, 0.3) is 0 Å². The molecule has 1 aliphatic heterocycles. The number of likely N-dealkylation sites (tertiary alicyclic amines) is 1. The van der Waals surface area contributed by atoms with Crippen molar-refractivity contribution in [1.82, 2.24) is 19.7 Å². The van der Waals surface area contributed by atoms with E-state index in [1.807, 2.05) is 19.3 Å². The molecule has 1 aromatic carbocycles. The van der Waals surface area contributed by atoms with Gasteiger partial charge in [0.1, 0.15) is 5.82 Å². The van der Waals surface area contributed by atoms with Crippen LogP contribution in [0.2, 0.25) is 0 Å². The highest BCUT2D eigenvalue weighted by Crippen LogP contribution is 2.34. The Labute approximate surface area is 201 Å². The Kier molecular flexibility index (Phi) is 7.12. The maximum atomic E-state index is 14.8. The van der Waals surface area contributed by atoms with Crippen molar-refractivity contribution in [2.45, 2.75) is 19.3 Å². The minimum atomic E-state index is -0.322. The standard InChI is InChI=1S/C27H33FN6/c1-18(24-13-25(21-15-31-34(5)17-21)26(28)14-27(24)29-3)19(2)32-23-7-6-22(30-16-23)12-20-8-10-33(4)11-9-20/h6-7,13-17,20,29,32H,1-2,8-12H2,3-5H3.